The second-order valence-corrected chi connectivity index (χ2v) is 14.3. The second-order valence-electron chi connectivity index (χ2n) is 14.3. The van der Waals surface area contributed by atoms with Gasteiger partial charge < -0.3 is 9.32 Å². The van der Waals surface area contributed by atoms with Gasteiger partial charge in [-0.15, -0.1) is 0 Å². The van der Waals surface area contributed by atoms with Crippen LogP contribution in [0.5, 0.6) is 0 Å². The van der Waals surface area contributed by atoms with E-state index in [0.29, 0.717) is 0 Å². The molecule has 0 radical (unpaired) electrons. The number of hydrogen-bond acceptors (Lipinski definition) is 2. The van der Waals surface area contributed by atoms with Crippen LogP contribution in [0, 0.1) is 0 Å². The van der Waals surface area contributed by atoms with E-state index in [9.17, 15) is 0 Å². The Morgan fingerprint density at radius 1 is 0.408 bits per heavy atom. The van der Waals surface area contributed by atoms with Crippen molar-refractivity contribution in [2.75, 3.05) is 4.90 Å². The van der Waals surface area contributed by atoms with Gasteiger partial charge in [-0.2, -0.15) is 0 Å². The van der Waals surface area contributed by atoms with Crippen molar-refractivity contribution in [2.24, 2.45) is 0 Å². The first-order chi connectivity index (χ1) is 23.9. The highest BCUT2D eigenvalue weighted by atomic mass is 16.3. The van der Waals surface area contributed by atoms with E-state index in [2.05, 4.69) is 183 Å². The first-order valence-corrected chi connectivity index (χ1v) is 17.2. The number of anilines is 3. The number of nitrogens with zero attached hydrogens (tertiary/aromatic N) is 1. The summed E-state index contributed by atoms with van der Waals surface area (Å²) in [5, 5.41) is 2.27. The van der Waals surface area contributed by atoms with E-state index in [4.69, 9.17) is 4.42 Å². The van der Waals surface area contributed by atoms with E-state index < -0.39 is 0 Å². The van der Waals surface area contributed by atoms with Gasteiger partial charge in [0.1, 0.15) is 11.2 Å². The molecule has 49 heavy (non-hydrogen) atoms. The normalized spacial score (nSPS) is 14.8. The Morgan fingerprint density at radius 2 is 0.959 bits per heavy atom. The second kappa shape index (κ2) is 10.1. The molecule has 0 fully saturated rings. The third-order valence-corrected chi connectivity index (χ3v) is 11.3. The van der Waals surface area contributed by atoms with E-state index >= 15 is 0 Å². The van der Waals surface area contributed by atoms with Crippen molar-refractivity contribution in [3.05, 3.63) is 186 Å². The summed E-state index contributed by atoms with van der Waals surface area (Å²) in [5.74, 6) is 0. The van der Waals surface area contributed by atoms with Crippen LogP contribution in [-0.4, -0.2) is 0 Å². The average molecular weight is 630 g/mol. The van der Waals surface area contributed by atoms with Crippen LogP contribution in [0.15, 0.2) is 162 Å². The highest BCUT2D eigenvalue weighted by molar-refractivity contribution is 6.08. The van der Waals surface area contributed by atoms with Crippen LogP contribution < -0.4 is 4.90 Å². The monoisotopic (exact) mass is 629 g/mol. The van der Waals surface area contributed by atoms with Gasteiger partial charge in [0.15, 0.2) is 0 Å². The molecule has 0 N–H and O–H groups in total. The van der Waals surface area contributed by atoms with Crippen LogP contribution >= 0.6 is 0 Å². The van der Waals surface area contributed by atoms with Gasteiger partial charge in [0.2, 0.25) is 0 Å². The fourth-order valence-electron chi connectivity index (χ4n) is 8.92. The molecule has 1 heterocycles. The molecule has 1 aromatic heterocycles. The lowest BCUT2D eigenvalue weighted by Gasteiger charge is -2.28. The maximum Gasteiger partial charge on any atom is 0.139 e. The van der Waals surface area contributed by atoms with Gasteiger partial charge in [0.05, 0.1) is 0 Å². The van der Waals surface area contributed by atoms with Crippen molar-refractivity contribution in [3.8, 4) is 22.3 Å². The van der Waals surface area contributed by atoms with Crippen molar-refractivity contribution in [1.82, 2.24) is 0 Å². The fourth-order valence-corrected chi connectivity index (χ4v) is 8.92. The maximum absolute atomic E-state index is 6.98. The van der Waals surface area contributed by atoms with E-state index in [1.54, 1.807) is 0 Å². The van der Waals surface area contributed by atoms with E-state index in [1.165, 1.54) is 50.1 Å². The number of furan rings is 1. The molecule has 234 valence electrons. The number of rotatable bonds is 4. The number of hydrogen-bond donors (Lipinski definition) is 0. The summed E-state index contributed by atoms with van der Waals surface area (Å²) in [5.41, 5.74) is 16.6. The number of fused-ring (bicyclic) bond motifs is 9. The van der Waals surface area contributed by atoms with Crippen molar-refractivity contribution >= 4 is 39.0 Å². The minimum absolute atomic E-state index is 0.0863. The molecule has 0 bridgehead atoms. The Labute approximate surface area is 286 Å². The molecule has 10 rings (SSSR count). The molecule has 2 aliphatic carbocycles. The lowest BCUT2D eigenvalue weighted by atomic mass is 9.74. The van der Waals surface area contributed by atoms with Gasteiger partial charge in [0, 0.05) is 50.3 Å². The minimum atomic E-state index is -0.339. The van der Waals surface area contributed by atoms with E-state index in [1.807, 2.05) is 0 Å². The molecule has 0 spiro atoms. The van der Waals surface area contributed by atoms with Crippen LogP contribution in [0.1, 0.15) is 48.6 Å². The summed E-state index contributed by atoms with van der Waals surface area (Å²) in [6.45, 7) is 7.04. The lowest BCUT2D eigenvalue weighted by molar-refractivity contribution is 0.638. The topological polar surface area (TPSA) is 16.4 Å². The standard InChI is InChI=1S/C47H35NO/c1-46(2)39-20-10-7-16-33(39)36-26-24-31(28-43(36)46)48(30-14-5-4-6-15-30)32-25-27-37-38-19-13-23-42(45(38)49-44(37)29-32)47(3)40-21-11-8-17-34(40)35-18-9-12-22-41(35)47/h4-29H,1-3H3. The van der Waals surface area contributed by atoms with Gasteiger partial charge in [-0.3, -0.25) is 0 Å². The van der Waals surface area contributed by atoms with E-state index in [0.717, 1.165) is 39.0 Å². The molecule has 0 unspecified atom stereocenters. The third-order valence-electron chi connectivity index (χ3n) is 11.3. The van der Waals surface area contributed by atoms with Crippen molar-refractivity contribution < 1.29 is 4.42 Å². The summed E-state index contributed by atoms with van der Waals surface area (Å²) < 4.78 is 6.98. The zero-order valence-corrected chi connectivity index (χ0v) is 27.9. The number of para-hydroxylation sites is 2. The van der Waals surface area contributed by atoms with Crippen LogP contribution in [-0.2, 0) is 10.8 Å². The van der Waals surface area contributed by atoms with Crippen LogP contribution in [0.4, 0.5) is 17.1 Å². The molecular formula is C47H35NO. The predicted octanol–water partition coefficient (Wildman–Crippen LogP) is 12.7. The quantitative estimate of drug-likeness (QED) is 0.193. The summed E-state index contributed by atoms with van der Waals surface area (Å²) in [6, 6.07) is 57.5. The Bertz CT molecular complexity index is 2560. The summed E-state index contributed by atoms with van der Waals surface area (Å²) in [4.78, 5) is 2.36. The molecule has 0 saturated heterocycles. The van der Waals surface area contributed by atoms with Gasteiger partial charge in [0.25, 0.3) is 0 Å². The molecule has 0 atom stereocenters. The fraction of sp³-hybridized carbons (Fsp3) is 0.106. The van der Waals surface area contributed by atoms with Crippen molar-refractivity contribution in [3.63, 3.8) is 0 Å². The molecule has 2 aliphatic rings. The number of benzene rings is 7. The SMILES string of the molecule is CC1(C)c2ccccc2-c2ccc(N(c3ccccc3)c3ccc4c(c3)oc3c(C5(C)c6ccccc6-c6ccccc65)cccc34)cc21. The Balaban J connectivity index is 1.15. The minimum Gasteiger partial charge on any atom is -0.456 e. The molecule has 7 aromatic carbocycles. The Kier molecular flexibility index (Phi) is 5.79. The van der Waals surface area contributed by atoms with Gasteiger partial charge >= 0.3 is 0 Å². The van der Waals surface area contributed by atoms with Crippen LogP contribution in [0.2, 0.25) is 0 Å². The average Bonchev–Trinajstić information content (AvgIpc) is 3.73. The molecule has 2 nitrogen and oxygen atoms in total. The molecule has 0 aliphatic heterocycles. The zero-order chi connectivity index (χ0) is 32.9. The molecular weight excluding hydrogens is 595 g/mol. The largest absolute Gasteiger partial charge is 0.456 e. The van der Waals surface area contributed by atoms with Crippen LogP contribution in [0.3, 0.4) is 0 Å². The molecule has 2 heteroatoms. The van der Waals surface area contributed by atoms with Gasteiger partial charge in [-0.1, -0.05) is 129 Å². The molecule has 0 amide bonds. The highest BCUT2D eigenvalue weighted by Crippen LogP contribution is 2.55. The lowest BCUT2D eigenvalue weighted by Crippen LogP contribution is -2.22. The summed E-state index contributed by atoms with van der Waals surface area (Å²) in [6.07, 6.45) is 0. The first kappa shape index (κ1) is 28.2. The summed E-state index contributed by atoms with van der Waals surface area (Å²) >= 11 is 0. The maximum atomic E-state index is 6.98. The van der Waals surface area contributed by atoms with E-state index in [-0.39, 0.29) is 10.8 Å². The highest BCUT2D eigenvalue weighted by Gasteiger charge is 2.42. The Hall–Kier alpha value is -5.86. The summed E-state index contributed by atoms with van der Waals surface area (Å²) in [7, 11) is 0. The van der Waals surface area contributed by atoms with Crippen molar-refractivity contribution in [1.29, 1.82) is 0 Å². The predicted molar refractivity (Wildman–Crippen MR) is 203 cm³/mol. The molecule has 0 saturated carbocycles. The third kappa shape index (κ3) is 3.83. The van der Waals surface area contributed by atoms with Gasteiger partial charge in [-0.05, 0) is 87.8 Å². The van der Waals surface area contributed by atoms with Crippen LogP contribution in [0.25, 0.3) is 44.2 Å². The van der Waals surface area contributed by atoms with Gasteiger partial charge in [-0.25, -0.2) is 0 Å². The first-order valence-electron chi connectivity index (χ1n) is 17.2. The smallest absolute Gasteiger partial charge is 0.139 e. The zero-order valence-electron chi connectivity index (χ0n) is 27.9. The molecule has 8 aromatic rings. The Morgan fingerprint density at radius 3 is 1.67 bits per heavy atom. The van der Waals surface area contributed by atoms with Crippen molar-refractivity contribution in [2.45, 2.75) is 31.6 Å².